The van der Waals surface area contributed by atoms with E-state index in [1.807, 2.05) is 0 Å². The number of hydrogen-bond donors (Lipinski definition) is 2. The zero-order chi connectivity index (χ0) is 11.7. The first-order valence-corrected chi connectivity index (χ1v) is 5.66. The fourth-order valence-corrected chi connectivity index (χ4v) is 2.04. The minimum absolute atomic E-state index is 0.206. The summed E-state index contributed by atoms with van der Waals surface area (Å²) in [7, 11) is 0. The molecule has 17 heavy (non-hydrogen) atoms. The Kier molecular flexibility index (Phi) is 2.52. The van der Waals surface area contributed by atoms with E-state index in [0.717, 1.165) is 25.9 Å². The maximum atomic E-state index is 5.93. The van der Waals surface area contributed by atoms with Gasteiger partial charge in [0.15, 0.2) is 11.5 Å². The molecule has 0 spiro atoms. The van der Waals surface area contributed by atoms with Gasteiger partial charge < -0.3 is 15.2 Å². The molecule has 2 aromatic rings. The van der Waals surface area contributed by atoms with E-state index >= 15 is 0 Å². The maximum Gasteiger partial charge on any atom is 0.245 e. The molecule has 3 heterocycles. The van der Waals surface area contributed by atoms with Crippen molar-refractivity contribution in [2.45, 2.75) is 18.9 Å². The monoisotopic (exact) mass is 234 g/mol. The normalized spacial score (nSPS) is 20.8. The van der Waals surface area contributed by atoms with E-state index in [-0.39, 0.29) is 6.04 Å². The highest BCUT2D eigenvalue weighted by atomic mass is 16.5. The van der Waals surface area contributed by atoms with Gasteiger partial charge in [-0.3, -0.25) is 5.10 Å². The van der Waals surface area contributed by atoms with Crippen LogP contribution in [0.2, 0.25) is 0 Å². The number of nitrogens with zero attached hydrogens (tertiary/aromatic N) is 4. The molecule has 2 aromatic heterocycles. The summed E-state index contributed by atoms with van der Waals surface area (Å²) in [5, 5.41) is 10.8. The Bertz CT molecular complexity index is 479. The molecule has 1 saturated heterocycles. The minimum Gasteiger partial charge on any atom is -0.364 e. The third-order valence-corrected chi connectivity index (χ3v) is 2.89. The predicted octanol–water partition coefficient (Wildman–Crippen LogP) is 0.387. The standard InChI is InChI=1S/C10H14N6O/c11-7-2-1-4-16(6-7)10-12-9(13-14-10)8-3-5-17-15-8/h3,5,7H,1-2,4,6,11H2,(H,12,13,14). The van der Waals surface area contributed by atoms with Gasteiger partial charge >= 0.3 is 0 Å². The van der Waals surface area contributed by atoms with Crippen LogP contribution < -0.4 is 10.6 Å². The molecular formula is C10H14N6O. The molecule has 7 heteroatoms. The summed E-state index contributed by atoms with van der Waals surface area (Å²) in [6, 6.07) is 1.95. The molecule has 3 rings (SSSR count). The highest BCUT2D eigenvalue weighted by Gasteiger charge is 2.20. The topological polar surface area (TPSA) is 96.9 Å². The zero-order valence-electron chi connectivity index (χ0n) is 9.33. The first-order chi connectivity index (χ1) is 8.33. The molecule has 0 saturated carbocycles. The maximum absolute atomic E-state index is 5.93. The molecule has 3 N–H and O–H groups in total. The summed E-state index contributed by atoms with van der Waals surface area (Å²) in [5.41, 5.74) is 6.59. The lowest BCUT2D eigenvalue weighted by Crippen LogP contribution is -2.43. The van der Waals surface area contributed by atoms with Gasteiger partial charge in [-0.05, 0) is 12.8 Å². The molecule has 1 fully saturated rings. The second kappa shape index (κ2) is 4.17. The summed E-state index contributed by atoms with van der Waals surface area (Å²) in [6.45, 7) is 1.75. The van der Waals surface area contributed by atoms with Gasteiger partial charge in [0.25, 0.3) is 0 Å². The Morgan fingerprint density at radius 2 is 2.47 bits per heavy atom. The van der Waals surface area contributed by atoms with E-state index in [2.05, 4.69) is 25.2 Å². The van der Waals surface area contributed by atoms with Gasteiger partial charge in [0.05, 0.1) is 0 Å². The number of H-pyrrole nitrogens is 1. The van der Waals surface area contributed by atoms with E-state index in [0.29, 0.717) is 17.5 Å². The third kappa shape index (κ3) is 2.01. The van der Waals surface area contributed by atoms with Crippen LogP contribution in [0.3, 0.4) is 0 Å². The van der Waals surface area contributed by atoms with Crippen molar-refractivity contribution in [3.63, 3.8) is 0 Å². The van der Waals surface area contributed by atoms with Gasteiger partial charge in [0.1, 0.15) is 6.26 Å². The van der Waals surface area contributed by atoms with E-state index in [1.165, 1.54) is 6.26 Å². The Morgan fingerprint density at radius 1 is 1.53 bits per heavy atom. The summed E-state index contributed by atoms with van der Waals surface area (Å²) >= 11 is 0. The number of aromatic amines is 1. The Labute approximate surface area is 98.0 Å². The second-order valence-corrected chi connectivity index (χ2v) is 4.22. The lowest BCUT2D eigenvalue weighted by Gasteiger charge is -2.29. The number of piperidine rings is 1. The largest absolute Gasteiger partial charge is 0.364 e. The summed E-state index contributed by atoms with van der Waals surface area (Å²) in [4.78, 5) is 6.48. The van der Waals surface area contributed by atoms with Gasteiger partial charge in [-0.2, -0.15) is 4.98 Å². The van der Waals surface area contributed by atoms with Crippen molar-refractivity contribution in [3.05, 3.63) is 12.3 Å². The summed E-state index contributed by atoms with van der Waals surface area (Å²) < 4.78 is 4.77. The molecule has 7 nitrogen and oxygen atoms in total. The average molecular weight is 234 g/mol. The van der Waals surface area contributed by atoms with Gasteiger partial charge in [-0.25, -0.2) is 0 Å². The van der Waals surface area contributed by atoms with E-state index in [1.54, 1.807) is 6.07 Å². The predicted molar refractivity (Wildman–Crippen MR) is 61.3 cm³/mol. The molecule has 1 aliphatic heterocycles. The summed E-state index contributed by atoms with van der Waals surface area (Å²) in [5.74, 6) is 1.30. The SMILES string of the molecule is NC1CCCN(c2n[nH]c(-c3ccon3)n2)C1. The molecule has 0 bridgehead atoms. The van der Waals surface area contributed by atoms with Gasteiger partial charge in [0, 0.05) is 25.2 Å². The smallest absolute Gasteiger partial charge is 0.245 e. The van der Waals surface area contributed by atoms with Crippen molar-refractivity contribution in [2.24, 2.45) is 5.73 Å². The minimum atomic E-state index is 0.206. The Hall–Kier alpha value is -1.89. The molecule has 1 atom stereocenters. The van der Waals surface area contributed by atoms with Crippen LogP contribution in [-0.2, 0) is 0 Å². The number of nitrogens with two attached hydrogens (primary N) is 1. The number of anilines is 1. The van der Waals surface area contributed by atoms with Gasteiger partial charge in [0.2, 0.25) is 5.95 Å². The van der Waals surface area contributed by atoms with Crippen LogP contribution in [0.5, 0.6) is 0 Å². The molecule has 1 aliphatic rings. The number of rotatable bonds is 2. The average Bonchev–Trinajstić information content (AvgIpc) is 3.00. The van der Waals surface area contributed by atoms with Crippen molar-refractivity contribution >= 4 is 5.95 Å². The highest BCUT2D eigenvalue weighted by Crippen LogP contribution is 2.18. The van der Waals surface area contributed by atoms with Crippen LogP contribution in [0.25, 0.3) is 11.5 Å². The van der Waals surface area contributed by atoms with Crippen LogP contribution in [0, 0.1) is 0 Å². The first-order valence-electron chi connectivity index (χ1n) is 5.66. The first kappa shape index (κ1) is 10.3. The fourth-order valence-electron chi connectivity index (χ4n) is 2.04. The van der Waals surface area contributed by atoms with Crippen molar-refractivity contribution in [3.8, 4) is 11.5 Å². The second-order valence-electron chi connectivity index (χ2n) is 4.22. The van der Waals surface area contributed by atoms with Gasteiger partial charge in [-0.15, -0.1) is 5.10 Å². The Morgan fingerprint density at radius 3 is 3.24 bits per heavy atom. The number of hydrogen-bond acceptors (Lipinski definition) is 6. The van der Waals surface area contributed by atoms with Crippen molar-refractivity contribution in [1.29, 1.82) is 0 Å². The van der Waals surface area contributed by atoms with Crippen LogP contribution in [-0.4, -0.2) is 39.5 Å². The van der Waals surface area contributed by atoms with Crippen molar-refractivity contribution < 1.29 is 4.52 Å². The highest BCUT2D eigenvalue weighted by molar-refractivity contribution is 5.49. The zero-order valence-corrected chi connectivity index (χ0v) is 9.33. The summed E-state index contributed by atoms with van der Waals surface area (Å²) in [6.07, 6.45) is 3.65. The molecule has 0 amide bonds. The van der Waals surface area contributed by atoms with Crippen LogP contribution in [0.1, 0.15) is 12.8 Å². The Balaban J connectivity index is 1.80. The molecule has 0 aliphatic carbocycles. The van der Waals surface area contributed by atoms with Crippen LogP contribution in [0.15, 0.2) is 16.9 Å². The third-order valence-electron chi connectivity index (χ3n) is 2.89. The molecule has 0 radical (unpaired) electrons. The lowest BCUT2D eigenvalue weighted by atomic mass is 10.1. The van der Waals surface area contributed by atoms with Crippen LogP contribution in [0.4, 0.5) is 5.95 Å². The molecule has 90 valence electrons. The number of aromatic nitrogens is 4. The number of nitrogens with one attached hydrogen (secondary N) is 1. The van der Waals surface area contributed by atoms with E-state index in [4.69, 9.17) is 10.3 Å². The van der Waals surface area contributed by atoms with Crippen molar-refractivity contribution in [1.82, 2.24) is 20.3 Å². The lowest BCUT2D eigenvalue weighted by molar-refractivity contribution is 0.422. The van der Waals surface area contributed by atoms with Crippen molar-refractivity contribution in [2.75, 3.05) is 18.0 Å². The molecule has 0 aromatic carbocycles. The fraction of sp³-hybridized carbons (Fsp3) is 0.500. The quantitative estimate of drug-likeness (QED) is 0.780. The van der Waals surface area contributed by atoms with Crippen LogP contribution >= 0.6 is 0 Å². The molecule has 1 unspecified atom stereocenters. The van der Waals surface area contributed by atoms with Gasteiger partial charge in [-0.1, -0.05) is 5.16 Å². The van der Waals surface area contributed by atoms with E-state index < -0.39 is 0 Å². The molecular weight excluding hydrogens is 220 g/mol. The van der Waals surface area contributed by atoms with E-state index in [9.17, 15) is 0 Å².